The maximum atomic E-state index is 5.78. The monoisotopic (exact) mass is 253 g/mol. The summed E-state index contributed by atoms with van der Waals surface area (Å²) >= 11 is 1.70. The molecule has 2 N–H and O–H groups in total. The van der Waals surface area contributed by atoms with Crippen LogP contribution in [-0.4, -0.2) is 28.4 Å². The number of thioether (sulfide) groups is 1. The normalized spacial score (nSPS) is 24.1. The van der Waals surface area contributed by atoms with E-state index in [2.05, 4.69) is 16.9 Å². The largest absolute Gasteiger partial charge is 0.384 e. The molecule has 0 radical (unpaired) electrons. The Labute approximate surface area is 106 Å². The van der Waals surface area contributed by atoms with Crippen LogP contribution in [0, 0.1) is 0 Å². The minimum absolute atomic E-state index is 0.329. The molecule has 4 nitrogen and oxygen atoms in total. The van der Waals surface area contributed by atoms with Crippen molar-refractivity contribution in [3.63, 3.8) is 0 Å². The summed E-state index contributed by atoms with van der Waals surface area (Å²) in [7, 11) is 1.78. The Morgan fingerprint density at radius 2 is 2.29 bits per heavy atom. The first kappa shape index (κ1) is 12.6. The Kier molecular flexibility index (Phi) is 4.23. The van der Waals surface area contributed by atoms with Gasteiger partial charge in [-0.1, -0.05) is 18.7 Å². The molecule has 2 rings (SSSR count). The number of rotatable bonds is 4. The van der Waals surface area contributed by atoms with Crippen LogP contribution in [0.4, 0.5) is 5.82 Å². The molecule has 0 unspecified atom stereocenters. The number of ether oxygens (including phenoxy) is 1. The lowest BCUT2D eigenvalue weighted by atomic mass is 10.3. The number of nitrogens with two attached hydrogens (primary N) is 1. The first-order valence-corrected chi connectivity index (χ1v) is 6.93. The number of nitrogens with zero attached hydrogens (tertiary/aromatic N) is 2. The fourth-order valence-corrected chi connectivity index (χ4v) is 3.44. The summed E-state index contributed by atoms with van der Waals surface area (Å²) in [5, 5.41) is 1.25. The van der Waals surface area contributed by atoms with Gasteiger partial charge in [-0.2, -0.15) is 0 Å². The molecule has 1 aromatic heterocycles. The summed E-state index contributed by atoms with van der Waals surface area (Å²) in [5.74, 6) is 0.561. The molecule has 94 valence electrons. The minimum atomic E-state index is 0.329. The predicted octanol–water partition coefficient (Wildman–Crippen LogP) is 2.28. The fourth-order valence-electron chi connectivity index (χ4n) is 2.16. The Morgan fingerprint density at radius 1 is 1.47 bits per heavy atom. The van der Waals surface area contributed by atoms with E-state index in [1.54, 1.807) is 18.9 Å². The molecule has 5 heteroatoms. The summed E-state index contributed by atoms with van der Waals surface area (Å²) in [6.07, 6.45) is 4.74. The van der Waals surface area contributed by atoms with Gasteiger partial charge in [0, 0.05) is 24.1 Å². The van der Waals surface area contributed by atoms with Gasteiger partial charge in [-0.3, -0.25) is 0 Å². The maximum absolute atomic E-state index is 5.78. The second-order valence-electron chi connectivity index (χ2n) is 4.28. The van der Waals surface area contributed by atoms with Gasteiger partial charge in [0.1, 0.15) is 5.82 Å². The third-order valence-corrected chi connectivity index (χ3v) is 4.33. The smallest absolute Gasteiger partial charge is 0.190 e. The number of hydrogen-bond donors (Lipinski definition) is 1. The maximum Gasteiger partial charge on any atom is 0.190 e. The molecule has 0 aromatic carbocycles. The van der Waals surface area contributed by atoms with E-state index in [-0.39, 0.29) is 0 Å². The topological polar surface area (TPSA) is 61.0 Å². The van der Waals surface area contributed by atoms with Crippen molar-refractivity contribution in [2.24, 2.45) is 0 Å². The lowest BCUT2D eigenvalue weighted by Crippen LogP contribution is -2.18. The number of nitrogen functional groups attached to an aromatic ring is 1. The average molecular weight is 253 g/mol. The number of aryl methyl sites for hydroxylation is 1. The van der Waals surface area contributed by atoms with Crippen molar-refractivity contribution in [1.29, 1.82) is 0 Å². The van der Waals surface area contributed by atoms with E-state index >= 15 is 0 Å². The SMILES string of the molecule is CCc1cc(N)nc(S[C@@H]2CCC[C@H]2OC)n1. The first-order chi connectivity index (χ1) is 8.22. The number of aromatic nitrogens is 2. The van der Waals surface area contributed by atoms with E-state index in [0.717, 1.165) is 23.7 Å². The van der Waals surface area contributed by atoms with E-state index < -0.39 is 0 Å². The fraction of sp³-hybridized carbons (Fsp3) is 0.667. The van der Waals surface area contributed by atoms with Crippen LogP contribution < -0.4 is 5.73 Å². The Morgan fingerprint density at radius 3 is 3.00 bits per heavy atom. The molecule has 1 aliphatic carbocycles. The lowest BCUT2D eigenvalue weighted by Gasteiger charge is -2.16. The minimum Gasteiger partial charge on any atom is -0.384 e. The summed E-state index contributed by atoms with van der Waals surface area (Å²) < 4.78 is 5.48. The van der Waals surface area contributed by atoms with E-state index in [9.17, 15) is 0 Å². The molecule has 0 aliphatic heterocycles. The highest BCUT2D eigenvalue weighted by Gasteiger charge is 2.28. The van der Waals surface area contributed by atoms with Crippen molar-refractivity contribution in [2.75, 3.05) is 12.8 Å². The molecule has 1 aliphatic rings. The molecule has 2 atom stereocenters. The number of methoxy groups -OCH3 is 1. The van der Waals surface area contributed by atoms with E-state index in [1.807, 2.05) is 6.07 Å². The van der Waals surface area contributed by atoms with Crippen molar-refractivity contribution in [3.05, 3.63) is 11.8 Å². The van der Waals surface area contributed by atoms with Gasteiger partial charge in [0.2, 0.25) is 0 Å². The van der Waals surface area contributed by atoms with Gasteiger partial charge in [0.15, 0.2) is 5.16 Å². The van der Waals surface area contributed by atoms with Crippen LogP contribution in [0.5, 0.6) is 0 Å². The third kappa shape index (κ3) is 3.10. The second kappa shape index (κ2) is 5.69. The molecule has 17 heavy (non-hydrogen) atoms. The zero-order valence-corrected chi connectivity index (χ0v) is 11.2. The van der Waals surface area contributed by atoms with Crippen LogP contribution in [0.1, 0.15) is 31.9 Å². The lowest BCUT2D eigenvalue weighted by molar-refractivity contribution is 0.113. The van der Waals surface area contributed by atoms with Crippen LogP contribution in [0.3, 0.4) is 0 Å². The van der Waals surface area contributed by atoms with Crippen LogP contribution >= 0.6 is 11.8 Å². The molecule has 0 saturated heterocycles. The zero-order valence-electron chi connectivity index (χ0n) is 10.3. The molecule has 1 saturated carbocycles. The summed E-state index contributed by atoms with van der Waals surface area (Å²) in [6.45, 7) is 2.07. The van der Waals surface area contributed by atoms with Crippen molar-refractivity contribution < 1.29 is 4.74 Å². The van der Waals surface area contributed by atoms with Crippen LogP contribution in [0.25, 0.3) is 0 Å². The van der Waals surface area contributed by atoms with Crippen LogP contribution in [-0.2, 0) is 11.2 Å². The van der Waals surface area contributed by atoms with Gasteiger partial charge in [0.25, 0.3) is 0 Å². The molecule has 0 bridgehead atoms. The number of anilines is 1. The third-order valence-electron chi connectivity index (χ3n) is 3.09. The van der Waals surface area contributed by atoms with Gasteiger partial charge in [-0.15, -0.1) is 0 Å². The van der Waals surface area contributed by atoms with E-state index in [1.165, 1.54) is 12.8 Å². The van der Waals surface area contributed by atoms with Gasteiger partial charge < -0.3 is 10.5 Å². The summed E-state index contributed by atoms with van der Waals surface area (Å²) in [4.78, 5) is 8.79. The predicted molar refractivity (Wildman–Crippen MR) is 70.1 cm³/mol. The first-order valence-electron chi connectivity index (χ1n) is 6.05. The van der Waals surface area contributed by atoms with Crippen molar-refractivity contribution in [2.45, 2.75) is 49.1 Å². The highest BCUT2D eigenvalue weighted by atomic mass is 32.2. The average Bonchev–Trinajstić information content (AvgIpc) is 2.75. The van der Waals surface area contributed by atoms with Gasteiger partial charge in [-0.25, -0.2) is 9.97 Å². The van der Waals surface area contributed by atoms with Crippen LogP contribution in [0.2, 0.25) is 0 Å². The van der Waals surface area contributed by atoms with Crippen molar-refractivity contribution >= 4 is 17.6 Å². The molecular weight excluding hydrogens is 234 g/mol. The molecule has 1 aromatic rings. The van der Waals surface area contributed by atoms with Crippen LogP contribution in [0.15, 0.2) is 11.2 Å². The quantitative estimate of drug-likeness (QED) is 0.834. The van der Waals surface area contributed by atoms with Crippen molar-refractivity contribution in [3.8, 4) is 0 Å². The molecule has 1 fully saturated rings. The molecule has 0 amide bonds. The highest BCUT2D eigenvalue weighted by Crippen LogP contribution is 2.35. The standard InChI is InChI=1S/C12H19N3OS/c1-3-8-7-11(13)15-12(14-8)17-10-6-4-5-9(10)16-2/h7,9-10H,3-6H2,1-2H3,(H2,13,14,15)/t9-,10-/m1/s1. The molecule has 1 heterocycles. The van der Waals surface area contributed by atoms with Crippen molar-refractivity contribution in [1.82, 2.24) is 9.97 Å². The Hall–Kier alpha value is -0.810. The van der Waals surface area contributed by atoms with Gasteiger partial charge >= 0.3 is 0 Å². The van der Waals surface area contributed by atoms with E-state index in [0.29, 0.717) is 17.2 Å². The number of hydrogen-bond acceptors (Lipinski definition) is 5. The molecule has 0 spiro atoms. The second-order valence-corrected chi connectivity index (χ2v) is 5.49. The highest BCUT2D eigenvalue weighted by molar-refractivity contribution is 7.99. The molecular formula is C12H19N3OS. The van der Waals surface area contributed by atoms with Gasteiger partial charge in [-0.05, 0) is 25.7 Å². The Balaban J connectivity index is 2.09. The summed E-state index contributed by atoms with van der Waals surface area (Å²) in [5.41, 5.74) is 6.79. The van der Waals surface area contributed by atoms with Gasteiger partial charge in [0.05, 0.1) is 6.10 Å². The van der Waals surface area contributed by atoms with E-state index in [4.69, 9.17) is 10.5 Å². The summed E-state index contributed by atoms with van der Waals surface area (Å²) in [6, 6.07) is 1.84. The Bertz CT molecular complexity index is 386. The zero-order chi connectivity index (χ0) is 12.3.